The molecule has 0 spiro atoms. The molecule has 1 aromatic heterocycles. The second kappa shape index (κ2) is 15.9. The molecule has 1 aliphatic rings. The molecule has 242 valence electrons. The zero-order chi connectivity index (χ0) is 33.3. The van der Waals surface area contributed by atoms with E-state index in [1.54, 1.807) is 26.0 Å². The Bertz CT molecular complexity index is 1460. The fraction of sp³-hybridized carbons (Fsp3) is 0.484. The Morgan fingerprint density at radius 2 is 1.93 bits per heavy atom. The number of hydrogen-bond donors (Lipinski definition) is 4. The first kappa shape index (κ1) is 34.9. The van der Waals surface area contributed by atoms with Crippen molar-refractivity contribution >= 4 is 23.6 Å². The van der Waals surface area contributed by atoms with Crippen LogP contribution in [0.3, 0.4) is 0 Å². The number of hydrogen-bond acceptors (Lipinski definition) is 9. The highest BCUT2D eigenvalue weighted by Gasteiger charge is 2.33. The molecule has 0 bridgehead atoms. The third-order valence-corrected chi connectivity index (χ3v) is 6.98. The van der Waals surface area contributed by atoms with Crippen molar-refractivity contribution < 1.29 is 37.9 Å². The molecule has 4 amide bonds. The number of likely N-dealkylation sites (tertiary alicyclic amines) is 1. The van der Waals surface area contributed by atoms with Gasteiger partial charge in [-0.25, -0.2) is 4.39 Å². The quantitative estimate of drug-likeness (QED) is 0.188. The van der Waals surface area contributed by atoms with Crippen LogP contribution in [-0.4, -0.2) is 82.8 Å². The zero-order valence-corrected chi connectivity index (χ0v) is 25.9. The predicted molar refractivity (Wildman–Crippen MR) is 159 cm³/mol. The lowest BCUT2D eigenvalue weighted by atomic mass is 10.1. The first-order chi connectivity index (χ1) is 21.3. The number of aryl methyl sites for hydroxylation is 2. The number of allylic oxidation sites excluding steroid dienone is 1. The number of nitrogens with zero attached hydrogens (tertiary/aromatic N) is 3. The van der Waals surface area contributed by atoms with Gasteiger partial charge in [-0.1, -0.05) is 37.2 Å². The van der Waals surface area contributed by atoms with Crippen LogP contribution in [0.5, 0.6) is 0 Å². The smallest absolute Gasteiger partial charge is 0.290 e. The van der Waals surface area contributed by atoms with Gasteiger partial charge in [0.1, 0.15) is 29.5 Å². The topological polar surface area (TPSA) is 187 Å². The van der Waals surface area contributed by atoms with Crippen LogP contribution < -0.4 is 16.0 Å². The number of carbonyl (C=O) groups is 4. The predicted octanol–water partition coefficient (Wildman–Crippen LogP) is 1.43. The Balaban J connectivity index is 1.71. The summed E-state index contributed by atoms with van der Waals surface area (Å²) in [4.78, 5) is 53.4. The summed E-state index contributed by atoms with van der Waals surface area (Å²) in [6.45, 7) is 8.31. The number of carbonyl (C=O) groups excluding carboxylic acids is 4. The van der Waals surface area contributed by atoms with Gasteiger partial charge in [0.25, 0.3) is 11.8 Å². The molecule has 14 heteroatoms. The number of nitriles is 1. The van der Waals surface area contributed by atoms with Crippen molar-refractivity contribution in [2.24, 2.45) is 5.92 Å². The molecule has 0 aliphatic carbocycles. The molecule has 4 N–H and O–H groups in total. The van der Waals surface area contributed by atoms with Crippen LogP contribution in [0.25, 0.3) is 0 Å². The van der Waals surface area contributed by atoms with Gasteiger partial charge in [-0.3, -0.25) is 19.2 Å². The third-order valence-electron chi connectivity index (χ3n) is 6.98. The summed E-state index contributed by atoms with van der Waals surface area (Å²) >= 11 is 0. The Morgan fingerprint density at radius 1 is 1.20 bits per heavy atom. The zero-order valence-electron chi connectivity index (χ0n) is 25.9. The minimum absolute atomic E-state index is 0.00429. The van der Waals surface area contributed by atoms with Crippen LogP contribution in [-0.2, 0) is 25.7 Å². The van der Waals surface area contributed by atoms with Gasteiger partial charge in [-0.2, -0.15) is 5.26 Å². The summed E-state index contributed by atoms with van der Waals surface area (Å²) in [5, 5.41) is 30.8. The molecule has 3 rings (SSSR count). The minimum Gasteiger partial charge on any atom is -0.391 e. The van der Waals surface area contributed by atoms with Crippen LogP contribution in [0.4, 0.5) is 4.39 Å². The molecule has 13 nitrogen and oxygen atoms in total. The average molecular weight is 627 g/mol. The number of rotatable bonds is 13. The number of amides is 4. The van der Waals surface area contributed by atoms with E-state index in [-0.39, 0.29) is 42.5 Å². The Kier molecular flexibility index (Phi) is 12.3. The minimum atomic E-state index is -1.48. The van der Waals surface area contributed by atoms with Crippen LogP contribution in [0, 0.1) is 36.9 Å². The van der Waals surface area contributed by atoms with Crippen molar-refractivity contribution in [3.05, 3.63) is 64.3 Å². The van der Waals surface area contributed by atoms with Crippen LogP contribution >= 0.6 is 0 Å². The van der Waals surface area contributed by atoms with Gasteiger partial charge in [0.2, 0.25) is 17.6 Å². The lowest BCUT2D eigenvalue weighted by Gasteiger charge is -2.25. The molecule has 2 aromatic rings. The first-order valence-electron chi connectivity index (χ1n) is 14.6. The monoisotopic (exact) mass is 626 g/mol. The second-order valence-electron chi connectivity index (χ2n) is 11.3. The van der Waals surface area contributed by atoms with Crippen molar-refractivity contribution in [3.8, 4) is 6.07 Å². The summed E-state index contributed by atoms with van der Waals surface area (Å²) in [6.07, 6.45) is 0.138. The molecule has 4 atom stereocenters. The lowest BCUT2D eigenvalue weighted by molar-refractivity contribution is -0.133. The van der Waals surface area contributed by atoms with Gasteiger partial charge in [0.15, 0.2) is 0 Å². The lowest BCUT2D eigenvalue weighted by Crippen LogP contribution is -2.58. The van der Waals surface area contributed by atoms with E-state index in [0.717, 1.165) is 0 Å². The molecule has 0 radical (unpaired) electrons. The normalized spacial score (nSPS) is 16.9. The number of aliphatic hydroxyl groups excluding tert-OH is 1. The summed E-state index contributed by atoms with van der Waals surface area (Å²) in [7, 11) is 0. The average Bonchev–Trinajstić information content (AvgIpc) is 3.64. The van der Waals surface area contributed by atoms with E-state index in [4.69, 9.17) is 9.26 Å². The second-order valence-corrected chi connectivity index (χ2v) is 11.3. The molecule has 1 aromatic carbocycles. The Morgan fingerprint density at radius 3 is 2.53 bits per heavy atom. The maximum atomic E-state index is 14.4. The van der Waals surface area contributed by atoms with E-state index in [9.17, 15) is 33.9 Å². The molecular weight excluding hydrogens is 587 g/mol. The molecular formula is C31H39FN6O7. The van der Waals surface area contributed by atoms with Crippen molar-refractivity contribution in [3.63, 3.8) is 0 Å². The fourth-order valence-electron chi connectivity index (χ4n) is 4.57. The largest absolute Gasteiger partial charge is 0.391 e. The van der Waals surface area contributed by atoms with Crippen molar-refractivity contribution in [2.75, 3.05) is 19.7 Å². The number of ether oxygens (including phenoxy) is 1. The van der Waals surface area contributed by atoms with Gasteiger partial charge >= 0.3 is 0 Å². The standard InChI is InChI=1S/C31H39FN6O7/c1-17(2)10-22(13-33)31(43)38-9-8-23(15-38)44-16-25(28(40)34-14-21-7-6-18(3)11-24(21)32)35-30(42)27(20(5)39)36-29(41)26-12-19(4)37-45-26/h6-7,10-12,17,20,23,25,27,39H,8-9,14-16H2,1-5H3,(H,34,40)(H,35,42)(H,36,41)/b22-10+/t20-,23-,25+,27+/m1/s1. The highest BCUT2D eigenvalue weighted by molar-refractivity contribution is 5.98. The maximum absolute atomic E-state index is 14.4. The number of nitrogens with one attached hydrogen (secondary N) is 3. The number of aliphatic hydroxyl groups is 1. The van der Waals surface area contributed by atoms with Gasteiger partial charge in [-0.15, -0.1) is 0 Å². The molecule has 0 saturated carbocycles. The van der Waals surface area contributed by atoms with E-state index >= 15 is 0 Å². The van der Waals surface area contributed by atoms with Gasteiger partial charge in [-0.05, 0) is 44.7 Å². The Labute approximate surface area is 260 Å². The highest BCUT2D eigenvalue weighted by atomic mass is 19.1. The fourth-order valence-corrected chi connectivity index (χ4v) is 4.57. The third kappa shape index (κ3) is 9.95. The highest BCUT2D eigenvalue weighted by Crippen LogP contribution is 2.17. The van der Waals surface area contributed by atoms with Crippen LogP contribution in [0.2, 0.25) is 0 Å². The molecule has 1 saturated heterocycles. The van der Waals surface area contributed by atoms with Gasteiger partial charge in [0, 0.05) is 31.3 Å². The van der Waals surface area contributed by atoms with Crippen molar-refractivity contribution in [1.29, 1.82) is 5.26 Å². The van der Waals surface area contributed by atoms with E-state index < -0.39 is 53.7 Å². The summed E-state index contributed by atoms with van der Waals surface area (Å²) in [5.41, 5.74) is 1.40. The molecule has 1 fully saturated rings. The van der Waals surface area contributed by atoms with Crippen LogP contribution in [0.15, 0.2) is 40.4 Å². The molecule has 1 aliphatic heterocycles. The number of benzene rings is 1. The van der Waals surface area contributed by atoms with Crippen LogP contribution in [0.1, 0.15) is 54.6 Å². The van der Waals surface area contributed by atoms with Crippen molar-refractivity contribution in [1.82, 2.24) is 26.0 Å². The first-order valence-corrected chi connectivity index (χ1v) is 14.6. The van der Waals surface area contributed by atoms with E-state index in [1.165, 1.54) is 30.0 Å². The van der Waals surface area contributed by atoms with E-state index in [1.807, 2.05) is 19.9 Å². The number of aromatic nitrogens is 1. The van der Waals surface area contributed by atoms with Gasteiger partial charge < -0.3 is 35.2 Å². The molecule has 2 heterocycles. The summed E-state index contributed by atoms with van der Waals surface area (Å²) in [6, 6.07) is 5.04. The van der Waals surface area contributed by atoms with Crippen molar-refractivity contribution in [2.45, 2.75) is 71.9 Å². The SMILES string of the molecule is Cc1ccc(CNC(=O)[C@H](CO[C@@H]2CCN(C(=O)/C(C#N)=C/C(C)C)C2)NC(=O)[C@@H](NC(=O)c2cc(C)no2)[C@@H](C)O)c(F)c1. The molecule has 0 unspecified atom stereocenters. The summed E-state index contributed by atoms with van der Waals surface area (Å²) in [5.74, 6) is -3.50. The molecule has 45 heavy (non-hydrogen) atoms. The number of halogens is 1. The summed E-state index contributed by atoms with van der Waals surface area (Å²) < 4.78 is 25.2. The van der Waals surface area contributed by atoms with Gasteiger partial charge in [0.05, 0.1) is 24.5 Å². The Hall–Kier alpha value is -4.61. The maximum Gasteiger partial charge on any atom is 0.290 e. The van der Waals surface area contributed by atoms with E-state index in [2.05, 4.69) is 21.1 Å². The van der Waals surface area contributed by atoms with E-state index in [0.29, 0.717) is 24.2 Å².